The second-order valence-electron chi connectivity index (χ2n) is 7.40. The number of carbonyl (C=O) groups excluding carboxylic acids is 1. The van der Waals surface area contributed by atoms with E-state index in [1.165, 1.54) is 17.3 Å². The number of hydrogen-bond acceptors (Lipinski definition) is 4. The second-order valence-corrected chi connectivity index (χ2v) is 8.70. The third kappa shape index (κ3) is 5.07. The minimum atomic E-state index is -0.292. The van der Waals surface area contributed by atoms with Crippen LogP contribution in [0.5, 0.6) is 0 Å². The average Bonchev–Trinajstić information content (AvgIpc) is 3.07. The number of anilines is 1. The lowest BCUT2D eigenvalue weighted by Crippen LogP contribution is -2.23. The molecule has 0 saturated carbocycles. The Morgan fingerprint density at radius 2 is 1.86 bits per heavy atom. The standard InChI is InChI=1S/C23H28N4OS/c1-6-12-27-21(19-9-7-8-15(2)13-19)25-26-23(27)29-18(5)22(28)24-20-14-16(3)10-11-17(20)4/h7-11,13-14,18H,6,12H2,1-5H3,(H,24,28)/t18-/m1/s1. The summed E-state index contributed by atoms with van der Waals surface area (Å²) in [7, 11) is 0. The van der Waals surface area contributed by atoms with Gasteiger partial charge in [-0.2, -0.15) is 0 Å². The fourth-order valence-corrected chi connectivity index (χ4v) is 3.99. The lowest BCUT2D eigenvalue weighted by molar-refractivity contribution is -0.115. The van der Waals surface area contributed by atoms with Gasteiger partial charge in [0.1, 0.15) is 0 Å². The SMILES string of the molecule is CCCn1c(S[C@H](C)C(=O)Nc2cc(C)ccc2C)nnc1-c1cccc(C)c1. The lowest BCUT2D eigenvalue weighted by Gasteiger charge is -2.15. The number of carbonyl (C=O) groups is 1. The van der Waals surface area contributed by atoms with Gasteiger partial charge in [0, 0.05) is 17.8 Å². The Morgan fingerprint density at radius 1 is 1.10 bits per heavy atom. The van der Waals surface area contributed by atoms with Gasteiger partial charge in [0.25, 0.3) is 0 Å². The molecule has 1 aromatic heterocycles. The Morgan fingerprint density at radius 3 is 2.59 bits per heavy atom. The maximum atomic E-state index is 12.8. The van der Waals surface area contributed by atoms with Crippen LogP contribution in [-0.2, 0) is 11.3 Å². The molecule has 0 radical (unpaired) electrons. The number of hydrogen-bond donors (Lipinski definition) is 1. The number of benzene rings is 2. The second kappa shape index (κ2) is 9.27. The number of amides is 1. The van der Waals surface area contributed by atoms with Crippen molar-refractivity contribution in [2.24, 2.45) is 0 Å². The van der Waals surface area contributed by atoms with Gasteiger partial charge < -0.3 is 9.88 Å². The molecule has 0 fully saturated rings. The Bertz CT molecular complexity index is 1010. The van der Waals surface area contributed by atoms with E-state index in [9.17, 15) is 4.79 Å². The van der Waals surface area contributed by atoms with Crippen LogP contribution in [0.1, 0.15) is 37.0 Å². The minimum Gasteiger partial charge on any atom is -0.325 e. The van der Waals surface area contributed by atoms with Crippen molar-refractivity contribution in [3.63, 3.8) is 0 Å². The van der Waals surface area contributed by atoms with Crippen molar-refractivity contribution in [1.29, 1.82) is 0 Å². The molecule has 152 valence electrons. The van der Waals surface area contributed by atoms with Crippen LogP contribution < -0.4 is 5.32 Å². The van der Waals surface area contributed by atoms with E-state index in [4.69, 9.17) is 0 Å². The van der Waals surface area contributed by atoms with Gasteiger partial charge in [0.15, 0.2) is 11.0 Å². The van der Waals surface area contributed by atoms with Gasteiger partial charge in [-0.05, 0) is 57.4 Å². The Balaban J connectivity index is 1.80. The van der Waals surface area contributed by atoms with E-state index < -0.39 is 0 Å². The quantitative estimate of drug-likeness (QED) is 0.532. The first-order valence-corrected chi connectivity index (χ1v) is 10.8. The van der Waals surface area contributed by atoms with Crippen molar-refractivity contribution in [1.82, 2.24) is 14.8 Å². The summed E-state index contributed by atoms with van der Waals surface area (Å²) >= 11 is 1.44. The van der Waals surface area contributed by atoms with Crippen molar-refractivity contribution in [3.8, 4) is 11.4 Å². The molecular formula is C23H28N4OS. The molecule has 1 atom stereocenters. The minimum absolute atomic E-state index is 0.0353. The van der Waals surface area contributed by atoms with Gasteiger partial charge in [-0.3, -0.25) is 4.79 Å². The molecule has 3 aromatic rings. The van der Waals surface area contributed by atoms with Crippen LogP contribution in [-0.4, -0.2) is 25.9 Å². The van der Waals surface area contributed by atoms with Gasteiger partial charge in [0.05, 0.1) is 5.25 Å². The summed E-state index contributed by atoms with van der Waals surface area (Å²) in [5.41, 5.74) is 5.26. The smallest absolute Gasteiger partial charge is 0.237 e. The third-order valence-electron chi connectivity index (χ3n) is 4.74. The third-order valence-corrected chi connectivity index (χ3v) is 5.82. The highest BCUT2D eigenvalue weighted by Crippen LogP contribution is 2.28. The van der Waals surface area contributed by atoms with E-state index in [-0.39, 0.29) is 11.2 Å². The molecule has 0 saturated heterocycles. The molecule has 1 amide bonds. The molecule has 6 heteroatoms. The number of rotatable bonds is 7. The zero-order valence-electron chi connectivity index (χ0n) is 17.7. The van der Waals surface area contributed by atoms with Gasteiger partial charge in [0.2, 0.25) is 5.91 Å². The summed E-state index contributed by atoms with van der Waals surface area (Å²) < 4.78 is 2.11. The van der Waals surface area contributed by atoms with Crippen LogP contribution in [0.3, 0.4) is 0 Å². The van der Waals surface area contributed by atoms with Crippen molar-refractivity contribution in [2.75, 3.05) is 5.32 Å². The molecule has 0 aliphatic carbocycles. The summed E-state index contributed by atoms with van der Waals surface area (Å²) in [6.07, 6.45) is 0.966. The molecular weight excluding hydrogens is 380 g/mol. The summed E-state index contributed by atoms with van der Waals surface area (Å²) in [5.74, 6) is 0.812. The molecule has 3 rings (SSSR count). The molecule has 2 aromatic carbocycles. The lowest BCUT2D eigenvalue weighted by atomic mass is 10.1. The van der Waals surface area contributed by atoms with Crippen LogP contribution >= 0.6 is 11.8 Å². The van der Waals surface area contributed by atoms with Crippen LogP contribution in [0.2, 0.25) is 0 Å². The van der Waals surface area contributed by atoms with Gasteiger partial charge in [-0.25, -0.2) is 0 Å². The topological polar surface area (TPSA) is 59.8 Å². The Labute approximate surface area is 176 Å². The van der Waals surface area contributed by atoms with Crippen molar-refractivity contribution in [2.45, 2.75) is 58.0 Å². The molecule has 1 heterocycles. The Kier molecular flexibility index (Phi) is 6.75. The molecule has 29 heavy (non-hydrogen) atoms. The van der Waals surface area contributed by atoms with Crippen LogP contribution in [0.15, 0.2) is 47.6 Å². The normalized spacial score (nSPS) is 12.0. The van der Waals surface area contributed by atoms with Crippen LogP contribution in [0, 0.1) is 20.8 Å². The average molecular weight is 409 g/mol. The first-order chi connectivity index (χ1) is 13.9. The molecule has 0 bridgehead atoms. The predicted octanol–water partition coefficient (Wildman–Crippen LogP) is 5.40. The molecule has 1 N–H and O–H groups in total. The highest BCUT2D eigenvalue weighted by molar-refractivity contribution is 8.00. The number of aromatic nitrogens is 3. The number of thioether (sulfide) groups is 1. The zero-order valence-corrected chi connectivity index (χ0v) is 18.5. The fraction of sp³-hybridized carbons (Fsp3) is 0.348. The van der Waals surface area contributed by atoms with E-state index in [1.54, 1.807) is 0 Å². The van der Waals surface area contributed by atoms with Crippen molar-refractivity contribution < 1.29 is 4.79 Å². The fourth-order valence-electron chi connectivity index (χ4n) is 3.12. The molecule has 0 aliphatic rings. The summed E-state index contributed by atoms with van der Waals surface area (Å²) in [4.78, 5) is 12.8. The van der Waals surface area contributed by atoms with E-state index in [0.29, 0.717) is 0 Å². The van der Waals surface area contributed by atoms with E-state index in [2.05, 4.69) is 46.1 Å². The maximum absolute atomic E-state index is 12.8. The highest BCUT2D eigenvalue weighted by atomic mass is 32.2. The highest BCUT2D eigenvalue weighted by Gasteiger charge is 2.21. The molecule has 0 spiro atoms. The van der Waals surface area contributed by atoms with Gasteiger partial charge in [-0.1, -0.05) is 54.6 Å². The summed E-state index contributed by atoms with van der Waals surface area (Å²) in [5, 5.41) is 12.4. The largest absolute Gasteiger partial charge is 0.325 e. The first kappa shape index (κ1) is 21.1. The Hall–Kier alpha value is -2.60. The van der Waals surface area contributed by atoms with E-state index in [1.807, 2.05) is 51.1 Å². The maximum Gasteiger partial charge on any atom is 0.237 e. The summed E-state index contributed by atoms with van der Waals surface area (Å²) in [6.45, 7) is 10.9. The van der Waals surface area contributed by atoms with Crippen LogP contribution in [0.4, 0.5) is 5.69 Å². The molecule has 5 nitrogen and oxygen atoms in total. The van der Waals surface area contributed by atoms with Gasteiger partial charge >= 0.3 is 0 Å². The van der Waals surface area contributed by atoms with Crippen molar-refractivity contribution >= 4 is 23.4 Å². The van der Waals surface area contributed by atoms with Gasteiger partial charge in [-0.15, -0.1) is 10.2 Å². The molecule has 0 aliphatic heterocycles. The zero-order chi connectivity index (χ0) is 21.0. The number of nitrogens with zero attached hydrogens (tertiary/aromatic N) is 3. The van der Waals surface area contributed by atoms with Crippen molar-refractivity contribution in [3.05, 3.63) is 59.2 Å². The number of aryl methyl sites for hydroxylation is 3. The summed E-state index contributed by atoms with van der Waals surface area (Å²) in [6, 6.07) is 14.3. The first-order valence-electron chi connectivity index (χ1n) is 9.94. The number of nitrogens with one attached hydrogen (secondary N) is 1. The monoisotopic (exact) mass is 408 g/mol. The molecule has 0 unspecified atom stereocenters. The van der Waals surface area contributed by atoms with Crippen LogP contribution in [0.25, 0.3) is 11.4 Å². The van der Waals surface area contributed by atoms with E-state index >= 15 is 0 Å². The predicted molar refractivity (Wildman–Crippen MR) is 120 cm³/mol. The van der Waals surface area contributed by atoms with E-state index in [0.717, 1.165) is 46.3 Å².